The summed E-state index contributed by atoms with van der Waals surface area (Å²) < 4.78 is 25.5. The summed E-state index contributed by atoms with van der Waals surface area (Å²) >= 11 is 0. The molecule has 0 unspecified atom stereocenters. The minimum absolute atomic E-state index is 0.103. The minimum Gasteiger partial charge on any atom is -0.395 e. The average Bonchev–Trinajstić information content (AvgIpc) is 3.13. The van der Waals surface area contributed by atoms with E-state index in [0.29, 0.717) is 38.7 Å². The molecular formula is C22H18N4O4S. The Balaban J connectivity index is 1.82. The van der Waals surface area contributed by atoms with Gasteiger partial charge in [0.05, 0.1) is 39.1 Å². The molecule has 31 heavy (non-hydrogen) atoms. The van der Waals surface area contributed by atoms with Crippen LogP contribution in [-0.2, 0) is 9.84 Å². The predicted octanol–water partition coefficient (Wildman–Crippen LogP) is 1.36. The fraction of sp³-hybridized carbons (Fsp3) is 0.136. The van der Waals surface area contributed by atoms with E-state index in [1.54, 1.807) is 37.3 Å². The van der Waals surface area contributed by atoms with Gasteiger partial charge in [-0.2, -0.15) is 5.26 Å². The SMILES string of the molecule is Cc1c(C#N)c2nc3ccccc3n2c(=O)/c1=C\Nc1ccc(S(=O)(=O)CCO)cc1. The van der Waals surface area contributed by atoms with Crippen LogP contribution in [-0.4, -0.2) is 35.3 Å². The first-order valence-electron chi connectivity index (χ1n) is 9.41. The molecule has 0 atom stereocenters. The van der Waals surface area contributed by atoms with Crippen LogP contribution in [0, 0.1) is 18.3 Å². The zero-order valence-electron chi connectivity index (χ0n) is 16.5. The molecule has 0 radical (unpaired) electrons. The highest BCUT2D eigenvalue weighted by Gasteiger charge is 2.16. The number of benzene rings is 2. The molecule has 2 N–H and O–H groups in total. The highest BCUT2D eigenvalue weighted by atomic mass is 32.2. The number of aliphatic hydroxyl groups excluding tert-OH is 1. The third kappa shape index (κ3) is 3.52. The Morgan fingerprint density at radius 1 is 1.19 bits per heavy atom. The lowest BCUT2D eigenvalue weighted by atomic mass is 10.1. The van der Waals surface area contributed by atoms with Gasteiger partial charge in [0.15, 0.2) is 15.5 Å². The maximum Gasteiger partial charge on any atom is 0.265 e. The van der Waals surface area contributed by atoms with Crippen molar-refractivity contribution in [2.24, 2.45) is 0 Å². The molecule has 8 nitrogen and oxygen atoms in total. The van der Waals surface area contributed by atoms with E-state index in [9.17, 15) is 18.5 Å². The van der Waals surface area contributed by atoms with E-state index in [4.69, 9.17) is 5.11 Å². The van der Waals surface area contributed by atoms with Gasteiger partial charge in [-0.25, -0.2) is 13.4 Å². The number of imidazole rings is 1. The Bertz CT molecular complexity index is 1570. The number of aromatic nitrogens is 2. The smallest absolute Gasteiger partial charge is 0.265 e. The monoisotopic (exact) mass is 434 g/mol. The fourth-order valence-electron chi connectivity index (χ4n) is 3.44. The summed E-state index contributed by atoms with van der Waals surface area (Å²) in [5.41, 5.74) is 2.64. The van der Waals surface area contributed by atoms with Crippen LogP contribution in [0.4, 0.5) is 5.69 Å². The highest BCUT2D eigenvalue weighted by Crippen LogP contribution is 2.18. The number of nitrogens with one attached hydrogen (secondary N) is 1. The molecule has 9 heteroatoms. The summed E-state index contributed by atoms with van der Waals surface area (Å²) in [4.78, 5) is 17.8. The molecule has 0 spiro atoms. The number of rotatable bonds is 5. The number of anilines is 1. The number of hydrogen-bond donors (Lipinski definition) is 2. The van der Waals surface area contributed by atoms with Gasteiger partial charge in [0.2, 0.25) is 0 Å². The van der Waals surface area contributed by atoms with Gasteiger partial charge < -0.3 is 10.4 Å². The van der Waals surface area contributed by atoms with Crippen molar-refractivity contribution in [3.63, 3.8) is 0 Å². The number of pyridine rings is 1. The molecule has 156 valence electrons. The Morgan fingerprint density at radius 3 is 2.58 bits per heavy atom. The summed E-state index contributed by atoms with van der Waals surface area (Å²) in [6.45, 7) is 1.24. The number of hydrogen-bond acceptors (Lipinski definition) is 7. The Kier molecular flexibility index (Phi) is 5.19. The van der Waals surface area contributed by atoms with Crippen molar-refractivity contribution in [1.82, 2.24) is 9.38 Å². The van der Waals surface area contributed by atoms with E-state index >= 15 is 0 Å². The molecule has 0 amide bonds. The van der Waals surface area contributed by atoms with Gasteiger partial charge in [0.25, 0.3) is 5.56 Å². The quantitative estimate of drug-likeness (QED) is 0.486. The van der Waals surface area contributed by atoms with Gasteiger partial charge in [-0.1, -0.05) is 12.1 Å². The summed E-state index contributed by atoms with van der Waals surface area (Å²) in [5.74, 6) is -0.347. The lowest BCUT2D eigenvalue weighted by molar-refractivity contribution is 0.319. The molecule has 0 aliphatic rings. The predicted molar refractivity (Wildman–Crippen MR) is 117 cm³/mol. The molecular weight excluding hydrogens is 416 g/mol. The summed E-state index contributed by atoms with van der Waals surface area (Å²) in [5, 5.41) is 21.9. The first-order valence-corrected chi connectivity index (χ1v) is 11.1. The molecule has 2 aromatic heterocycles. The third-order valence-electron chi connectivity index (χ3n) is 5.07. The van der Waals surface area contributed by atoms with Crippen LogP contribution in [0.1, 0.15) is 11.1 Å². The lowest BCUT2D eigenvalue weighted by Gasteiger charge is -2.06. The molecule has 0 fully saturated rings. The number of fused-ring (bicyclic) bond motifs is 3. The van der Waals surface area contributed by atoms with Gasteiger partial charge >= 0.3 is 0 Å². The average molecular weight is 434 g/mol. The van der Waals surface area contributed by atoms with E-state index in [1.807, 2.05) is 6.07 Å². The van der Waals surface area contributed by atoms with Crippen molar-refractivity contribution in [2.45, 2.75) is 11.8 Å². The zero-order chi connectivity index (χ0) is 22.2. The van der Waals surface area contributed by atoms with E-state index in [1.165, 1.54) is 22.7 Å². The van der Waals surface area contributed by atoms with Crippen LogP contribution in [0.5, 0.6) is 0 Å². The molecule has 0 aliphatic heterocycles. The summed E-state index contributed by atoms with van der Waals surface area (Å²) in [6, 6.07) is 15.3. The van der Waals surface area contributed by atoms with Crippen molar-refractivity contribution >= 4 is 38.4 Å². The van der Waals surface area contributed by atoms with Crippen LogP contribution in [0.25, 0.3) is 22.9 Å². The molecule has 0 saturated heterocycles. The lowest BCUT2D eigenvalue weighted by Crippen LogP contribution is -2.34. The second-order valence-electron chi connectivity index (χ2n) is 6.95. The number of nitrogens with zero attached hydrogens (tertiary/aromatic N) is 3. The van der Waals surface area contributed by atoms with Crippen LogP contribution in [0.2, 0.25) is 0 Å². The second-order valence-corrected chi connectivity index (χ2v) is 9.05. The minimum atomic E-state index is -3.54. The largest absolute Gasteiger partial charge is 0.395 e. The van der Waals surface area contributed by atoms with Gasteiger partial charge in [-0.05, 0) is 48.9 Å². The van der Waals surface area contributed by atoms with E-state index < -0.39 is 16.4 Å². The molecule has 0 bridgehead atoms. The topological polar surface area (TPSA) is 125 Å². The van der Waals surface area contributed by atoms with Crippen LogP contribution in [0.3, 0.4) is 0 Å². The van der Waals surface area contributed by atoms with Crippen molar-refractivity contribution in [3.8, 4) is 6.07 Å². The molecule has 0 aliphatic carbocycles. The maximum atomic E-state index is 13.2. The highest BCUT2D eigenvalue weighted by molar-refractivity contribution is 7.91. The molecule has 2 heterocycles. The Hall–Kier alpha value is -3.74. The Morgan fingerprint density at radius 2 is 1.90 bits per heavy atom. The van der Waals surface area contributed by atoms with Gasteiger partial charge in [-0.3, -0.25) is 9.20 Å². The maximum absolute atomic E-state index is 13.2. The van der Waals surface area contributed by atoms with E-state index in [0.717, 1.165) is 0 Å². The second kappa shape index (κ2) is 7.83. The Labute approximate surface area is 177 Å². The van der Waals surface area contributed by atoms with Gasteiger partial charge in [0, 0.05) is 11.9 Å². The third-order valence-corrected chi connectivity index (χ3v) is 6.78. The summed E-state index contributed by atoms with van der Waals surface area (Å²) in [6.07, 6.45) is 1.50. The normalized spacial score (nSPS) is 12.4. The van der Waals surface area contributed by atoms with Crippen molar-refractivity contribution in [2.75, 3.05) is 17.7 Å². The van der Waals surface area contributed by atoms with E-state index in [-0.39, 0.29) is 16.2 Å². The summed E-state index contributed by atoms with van der Waals surface area (Å²) in [7, 11) is -3.54. The standard InChI is InChI=1S/C22H18N4O4S/c1-14-17(12-23)21-25-19-4-2-3-5-20(19)26(21)22(28)18(14)13-24-15-6-8-16(9-7-15)31(29,30)11-10-27/h2-9,13,24,27H,10-11H2,1H3/b18-13-. The number of nitriles is 1. The fourth-order valence-corrected chi connectivity index (χ4v) is 4.47. The first-order chi connectivity index (χ1) is 14.9. The van der Waals surface area contributed by atoms with Crippen LogP contribution < -0.4 is 16.1 Å². The van der Waals surface area contributed by atoms with Gasteiger partial charge in [0.1, 0.15) is 6.07 Å². The zero-order valence-corrected chi connectivity index (χ0v) is 17.3. The first kappa shape index (κ1) is 20.5. The van der Waals surface area contributed by atoms with Crippen molar-refractivity contribution < 1.29 is 13.5 Å². The van der Waals surface area contributed by atoms with Gasteiger partial charge in [-0.15, -0.1) is 0 Å². The van der Waals surface area contributed by atoms with Crippen LogP contribution in [0.15, 0.2) is 58.2 Å². The molecule has 4 aromatic rings. The number of para-hydroxylation sites is 2. The van der Waals surface area contributed by atoms with Crippen molar-refractivity contribution in [1.29, 1.82) is 5.26 Å². The molecule has 0 saturated carbocycles. The van der Waals surface area contributed by atoms with Crippen LogP contribution >= 0.6 is 0 Å². The number of aliphatic hydroxyl groups is 1. The number of sulfone groups is 1. The van der Waals surface area contributed by atoms with Crippen molar-refractivity contribution in [3.05, 3.63) is 75.2 Å². The van der Waals surface area contributed by atoms with E-state index in [2.05, 4.69) is 16.4 Å². The molecule has 4 rings (SSSR count). The molecule has 2 aromatic carbocycles.